The molecule has 2 aromatic rings. The number of carbonyl (C=O) groups excluding carboxylic acids is 1. The molecule has 0 radical (unpaired) electrons. The van der Waals surface area contributed by atoms with Crippen LogP contribution in [0.3, 0.4) is 0 Å². The Kier molecular flexibility index (Phi) is 3.47. The molecule has 0 aliphatic carbocycles. The van der Waals surface area contributed by atoms with Gasteiger partial charge >= 0.3 is 0 Å². The number of halogens is 1. The highest BCUT2D eigenvalue weighted by Crippen LogP contribution is 2.11. The fourth-order valence-corrected chi connectivity index (χ4v) is 1.38. The zero-order valence-corrected chi connectivity index (χ0v) is 9.43. The summed E-state index contributed by atoms with van der Waals surface area (Å²) in [6.07, 6.45) is 3.97. The van der Waals surface area contributed by atoms with Gasteiger partial charge in [-0.25, -0.2) is 4.39 Å². The van der Waals surface area contributed by atoms with Gasteiger partial charge in [0.1, 0.15) is 0 Å². The van der Waals surface area contributed by atoms with E-state index in [1.165, 1.54) is 18.5 Å². The van der Waals surface area contributed by atoms with E-state index in [2.05, 4.69) is 15.3 Å². The standard InChI is InChI=1S/C12H11FN4O/c13-10-7-15-4-3-11(10)17-12(18)5-9-2-1-8(14)6-16-9/h1-4,6-7H,5,14H2,(H,15,17,18). The zero-order valence-electron chi connectivity index (χ0n) is 9.43. The molecule has 1 amide bonds. The Morgan fingerprint density at radius 3 is 2.83 bits per heavy atom. The second kappa shape index (κ2) is 5.22. The van der Waals surface area contributed by atoms with Crippen LogP contribution in [-0.2, 0) is 11.2 Å². The molecule has 5 nitrogen and oxygen atoms in total. The first-order chi connectivity index (χ1) is 8.65. The summed E-state index contributed by atoms with van der Waals surface area (Å²) in [4.78, 5) is 19.2. The van der Waals surface area contributed by atoms with Crippen LogP contribution < -0.4 is 11.1 Å². The summed E-state index contributed by atoms with van der Waals surface area (Å²) in [5.74, 6) is -0.923. The van der Waals surface area contributed by atoms with E-state index in [-0.39, 0.29) is 18.0 Å². The summed E-state index contributed by atoms with van der Waals surface area (Å²) in [5.41, 5.74) is 6.68. The number of hydrogen-bond donors (Lipinski definition) is 2. The SMILES string of the molecule is Nc1ccc(CC(=O)Nc2ccncc2F)nc1. The second-order valence-corrected chi connectivity index (χ2v) is 3.66. The minimum Gasteiger partial charge on any atom is -0.397 e. The Morgan fingerprint density at radius 2 is 2.17 bits per heavy atom. The number of nitrogens with zero attached hydrogens (tertiary/aromatic N) is 2. The van der Waals surface area contributed by atoms with Crippen LogP contribution in [0.2, 0.25) is 0 Å². The van der Waals surface area contributed by atoms with Crippen LogP contribution in [0, 0.1) is 5.82 Å². The summed E-state index contributed by atoms with van der Waals surface area (Å²) < 4.78 is 13.2. The Bertz CT molecular complexity index is 556. The van der Waals surface area contributed by atoms with E-state index in [1.54, 1.807) is 12.1 Å². The summed E-state index contributed by atoms with van der Waals surface area (Å²) in [6, 6.07) is 4.70. The summed E-state index contributed by atoms with van der Waals surface area (Å²) in [5, 5.41) is 2.45. The van der Waals surface area contributed by atoms with Crippen LogP contribution in [0.4, 0.5) is 15.8 Å². The van der Waals surface area contributed by atoms with E-state index in [0.29, 0.717) is 11.4 Å². The first kappa shape index (κ1) is 12.0. The minimum absolute atomic E-state index is 0.0576. The molecule has 0 saturated carbocycles. The quantitative estimate of drug-likeness (QED) is 0.857. The van der Waals surface area contributed by atoms with Gasteiger partial charge in [-0.2, -0.15) is 0 Å². The van der Waals surface area contributed by atoms with Gasteiger partial charge in [0.25, 0.3) is 0 Å². The lowest BCUT2D eigenvalue weighted by molar-refractivity contribution is -0.115. The lowest BCUT2D eigenvalue weighted by atomic mass is 10.2. The Hall–Kier alpha value is -2.50. The van der Waals surface area contributed by atoms with Crippen LogP contribution in [0.5, 0.6) is 0 Å². The molecule has 2 aromatic heterocycles. The van der Waals surface area contributed by atoms with Crippen molar-refractivity contribution in [3.63, 3.8) is 0 Å². The fourth-order valence-electron chi connectivity index (χ4n) is 1.38. The second-order valence-electron chi connectivity index (χ2n) is 3.66. The molecule has 0 aromatic carbocycles. The summed E-state index contributed by atoms with van der Waals surface area (Å²) in [6.45, 7) is 0. The Morgan fingerprint density at radius 1 is 1.33 bits per heavy atom. The average Bonchev–Trinajstić information content (AvgIpc) is 2.35. The van der Waals surface area contributed by atoms with E-state index >= 15 is 0 Å². The van der Waals surface area contributed by atoms with Crippen molar-refractivity contribution in [2.45, 2.75) is 6.42 Å². The van der Waals surface area contributed by atoms with Crippen LogP contribution in [0.15, 0.2) is 36.8 Å². The first-order valence-corrected chi connectivity index (χ1v) is 5.25. The normalized spacial score (nSPS) is 10.1. The predicted octanol–water partition coefficient (Wildman–Crippen LogP) is 1.38. The summed E-state index contributed by atoms with van der Waals surface area (Å²) in [7, 11) is 0. The number of nitrogen functional groups attached to an aromatic ring is 1. The molecule has 0 fully saturated rings. The maximum absolute atomic E-state index is 13.2. The number of carbonyl (C=O) groups is 1. The topological polar surface area (TPSA) is 80.9 Å². The molecule has 2 heterocycles. The predicted molar refractivity (Wildman–Crippen MR) is 65.2 cm³/mol. The van der Waals surface area contributed by atoms with Crippen molar-refractivity contribution in [3.8, 4) is 0 Å². The van der Waals surface area contributed by atoms with Crippen LogP contribution in [0.25, 0.3) is 0 Å². The van der Waals surface area contributed by atoms with E-state index in [1.807, 2.05) is 0 Å². The van der Waals surface area contributed by atoms with E-state index in [0.717, 1.165) is 6.20 Å². The Balaban J connectivity index is 2.01. The molecular formula is C12H11FN4O. The van der Waals surface area contributed by atoms with Gasteiger partial charge in [-0.05, 0) is 18.2 Å². The zero-order chi connectivity index (χ0) is 13.0. The van der Waals surface area contributed by atoms with Crippen molar-refractivity contribution in [1.29, 1.82) is 0 Å². The molecule has 2 rings (SSSR count). The highest BCUT2D eigenvalue weighted by Gasteiger charge is 2.08. The van der Waals surface area contributed by atoms with Gasteiger partial charge in [-0.3, -0.25) is 14.8 Å². The highest BCUT2D eigenvalue weighted by atomic mass is 19.1. The lowest BCUT2D eigenvalue weighted by Crippen LogP contribution is -2.16. The van der Waals surface area contributed by atoms with Crippen LogP contribution in [-0.4, -0.2) is 15.9 Å². The van der Waals surface area contributed by atoms with Crippen molar-refractivity contribution in [2.24, 2.45) is 0 Å². The molecule has 0 aliphatic rings. The molecule has 0 saturated heterocycles. The third-order valence-electron chi connectivity index (χ3n) is 2.24. The molecule has 0 unspecified atom stereocenters. The number of anilines is 2. The molecule has 3 N–H and O–H groups in total. The largest absolute Gasteiger partial charge is 0.397 e. The van der Waals surface area contributed by atoms with Crippen molar-refractivity contribution in [3.05, 3.63) is 48.3 Å². The maximum Gasteiger partial charge on any atom is 0.230 e. The average molecular weight is 246 g/mol. The van der Waals surface area contributed by atoms with Gasteiger partial charge in [0.15, 0.2) is 5.82 Å². The minimum atomic E-state index is -0.573. The van der Waals surface area contributed by atoms with Gasteiger partial charge in [0.05, 0.1) is 30.2 Å². The number of nitrogens with two attached hydrogens (primary N) is 1. The van der Waals surface area contributed by atoms with E-state index < -0.39 is 5.82 Å². The first-order valence-electron chi connectivity index (χ1n) is 5.25. The van der Waals surface area contributed by atoms with Crippen LogP contribution in [0.1, 0.15) is 5.69 Å². The lowest BCUT2D eigenvalue weighted by Gasteiger charge is -2.05. The molecule has 0 spiro atoms. The van der Waals surface area contributed by atoms with Gasteiger partial charge in [0.2, 0.25) is 5.91 Å². The number of hydrogen-bond acceptors (Lipinski definition) is 4. The van der Waals surface area contributed by atoms with Gasteiger partial charge in [-0.15, -0.1) is 0 Å². The number of aromatic nitrogens is 2. The highest BCUT2D eigenvalue weighted by molar-refractivity contribution is 5.92. The van der Waals surface area contributed by atoms with E-state index in [9.17, 15) is 9.18 Å². The molecule has 0 aliphatic heterocycles. The smallest absolute Gasteiger partial charge is 0.230 e. The maximum atomic E-state index is 13.2. The van der Waals surface area contributed by atoms with E-state index in [4.69, 9.17) is 5.73 Å². The number of nitrogens with one attached hydrogen (secondary N) is 1. The number of pyridine rings is 2. The third-order valence-corrected chi connectivity index (χ3v) is 2.24. The van der Waals surface area contributed by atoms with Gasteiger partial charge < -0.3 is 11.1 Å². The molecule has 6 heteroatoms. The van der Waals surface area contributed by atoms with Crippen molar-refractivity contribution in [2.75, 3.05) is 11.1 Å². The molecule has 0 atom stereocenters. The van der Waals surface area contributed by atoms with Gasteiger partial charge in [0, 0.05) is 11.9 Å². The molecule has 0 bridgehead atoms. The number of rotatable bonds is 3. The summed E-state index contributed by atoms with van der Waals surface area (Å²) >= 11 is 0. The van der Waals surface area contributed by atoms with Crippen molar-refractivity contribution >= 4 is 17.3 Å². The third kappa shape index (κ3) is 3.00. The van der Waals surface area contributed by atoms with Gasteiger partial charge in [-0.1, -0.05) is 0 Å². The number of amides is 1. The molecular weight excluding hydrogens is 235 g/mol. The van der Waals surface area contributed by atoms with Crippen molar-refractivity contribution < 1.29 is 9.18 Å². The Labute approximate surface area is 103 Å². The van der Waals surface area contributed by atoms with Crippen molar-refractivity contribution in [1.82, 2.24) is 9.97 Å². The monoisotopic (exact) mass is 246 g/mol. The fraction of sp³-hybridized carbons (Fsp3) is 0.0833. The molecule has 92 valence electrons. The molecule has 18 heavy (non-hydrogen) atoms. The van der Waals surface area contributed by atoms with Crippen LogP contribution >= 0.6 is 0 Å².